The molecule has 3 rings (SSSR count). The van der Waals surface area contributed by atoms with Gasteiger partial charge in [0.2, 0.25) is 0 Å². The van der Waals surface area contributed by atoms with Crippen LogP contribution < -0.4 is 5.73 Å². The molecule has 0 saturated heterocycles. The molecule has 3 heteroatoms. The minimum Gasteiger partial charge on any atom is -0.393 e. The molecule has 3 saturated carbocycles. The van der Waals surface area contributed by atoms with Crippen molar-refractivity contribution in [2.75, 3.05) is 6.54 Å². The Labute approximate surface area is 141 Å². The molecule has 0 aliphatic heterocycles. The Kier molecular flexibility index (Phi) is 4.67. The third kappa shape index (κ3) is 2.69. The maximum atomic E-state index is 11.3. The molecule has 0 radical (unpaired) electrons. The van der Waals surface area contributed by atoms with Gasteiger partial charge in [-0.1, -0.05) is 26.0 Å². The summed E-state index contributed by atoms with van der Waals surface area (Å²) in [5, 5.41) is 21.4. The van der Waals surface area contributed by atoms with Gasteiger partial charge < -0.3 is 15.9 Å². The van der Waals surface area contributed by atoms with E-state index in [1.165, 1.54) is 5.57 Å². The van der Waals surface area contributed by atoms with Crippen LogP contribution in [0, 0.1) is 28.6 Å². The fourth-order valence-electron chi connectivity index (χ4n) is 6.27. The van der Waals surface area contributed by atoms with Gasteiger partial charge in [-0.3, -0.25) is 0 Å². The van der Waals surface area contributed by atoms with Gasteiger partial charge in [0.1, 0.15) is 0 Å². The van der Waals surface area contributed by atoms with Crippen LogP contribution >= 0.6 is 0 Å². The van der Waals surface area contributed by atoms with E-state index in [0.29, 0.717) is 24.3 Å². The summed E-state index contributed by atoms with van der Waals surface area (Å²) in [6.07, 6.45) is 7.70. The highest BCUT2D eigenvalue weighted by Crippen LogP contribution is 2.61. The molecule has 2 unspecified atom stereocenters. The predicted octanol–water partition coefficient (Wildman–Crippen LogP) is 3.25. The van der Waals surface area contributed by atoms with Crippen LogP contribution in [0.2, 0.25) is 0 Å². The van der Waals surface area contributed by atoms with Crippen molar-refractivity contribution in [2.24, 2.45) is 34.3 Å². The lowest BCUT2D eigenvalue weighted by atomic mass is 9.51. The molecule has 3 nitrogen and oxygen atoms in total. The SMILES string of the molecule is C=C1CCC2[C@@H](O)C([C@@]3(C)CC[C@H](O)C[C@@H]3CCN)CC[C@@]12C. The first-order valence-corrected chi connectivity index (χ1v) is 9.57. The summed E-state index contributed by atoms with van der Waals surface area (Å²) in [4.78, 5) is 0. The van der Waals surface area contributed by atoms with Crippen molar-refractivity contribution in [1.82, 2.24) is 0 Å². The molecule has 3 aliphatic carbocycles. The van der Waals surface area contributed by atoms with E-state index < -0.39 is 0 Å². The first kappa shape index (κ1) is 17.4. The Morgan fingerprint density at radius 2 is 1.87 bits per heavy atom. The molecule has 23 heavy (non-hydrogen) atoms. The lowest BCUT2D eigenvalue weighted by Gasteiger charge is -2.55. The topological polar surface area (TPSA) is 66.5 Å². The Morgan fingerprint density at radius 3 is 2.57 bits per heavy atom. The van der Waals surface area contributed by atoms with Gasteiger partial charge in [-0.05, 0) is 86.5 Å². The highest BCUT2D eigenvalue weighted by molar-refractivity contribution is 5.21. The number of allylic oxidation sites excluding steroid dienone is 1. The van der Waals surface area contributed by atoms with Gasteiger partial charge in [0.15, 0.2) is 0 Å². The Balaban J connectivity index is 1.84. The average molecular weight is 322 g/mol. The van der Waals surface area contributed by atoms with Crippen LogP contribution in [0.3, 0.4) is 0 Å². The molecule has 0 amide bonds. The molecule has 132 valence electrons. The molecule has 0 bridgehead atoms. The summed E-state index contributed by atoms with van der Waals surface area (Å²) >= 11 is 0. The normalized spacial score (nSPS) is 50.8. The van der Waals surface area contributed by atoms with Crippen molar-refractivity contribution < 1.29 is 10.2 Å². The van der Waals surface area contributed by atoms with E-state index in [1.807, 2.05) is 0 Å². The molecule has 3 fully saturated rings. The van der Waals surface area contributed by atoms with Gasteiger partial charge in [0.25, 0.3) is 0 Å². The van der Waals surface area contributed by atoms with E-state index in [2.05, 4.69) is 20.4 Å². The van der Waals surface area contributed by atoms with Gasteiger partial charge >= 0.3 is 0 Å². The quantitative estimate of drug-likeness (QED) is 0.699. The molecule has 7 atom stereocenters. The number of hydrogen-bond donors (Lipinski definition) is 3. The minimum absolute atomic E-state index is 0.114. The van der Waals surface area contributed by atoms with Crippen molar-refractivity contribution in [3.63, 3.8) is 0 Å². The van der Waals surface area contributed by atoms with Crippen LogP contribution in [0.5, 0.6) is 0 Å². The zero-order valence-electron chi connectivity index (χ0n) is 14.9. The summed E-state index contributed by atoms with van der Waals surface area (Å²) in [5.74, 6) is 1.15. The Hall–Kier alpha value is -0.380. The van der Waals surface area contributed by atoms with Gasteiger partial charge in [0.05, 0.1) is 12.2 Å². The maximum absolute atomic E-state index is 11.3. The largest absolute Gasteiger partial charge is 0.393 e. The van der Waals surface area contributed by atoms with Crippen LogP contribution in [0.25, 0.3) is 0 Å². The third-order valence-electron chi connectivity index (χ3n) is 8.05. The molecular weight excluding hydrogens is 286 g/mol. The lowest BCUT2D eigenvalue weighted by molar-refractivity contribution is -0.119. The van der Waals surface area contributed by atoms with E-state index in [4.69, 9.17) is 5.73 Å². The van der Waals surface area contributed by atoms with E-state index in [0.717, 1.165) is 51.4 Å². The first-order valence-electron chi connectivity index (χ1n) is 9.57. The van der Waals surface area contributed by atoms with Crippen molar-refractivity contribution >= 4 is 0 Å². The van der Waals surface area contributed by atoms with Crippen molar-refractivity contribution in [2.45, 2.75) is 77.4 Å². The second kappa shape index (κ2) is 6.16. The predicted molar refractivity (Wildman–Crippen MR) is 93.8 cm³/mol. The Bertz CT molecular complexity index is 465. The fraction of sp³-hybridized carbons (Fsp3) is 0.900. The fourth-order valence-corrected chi connectivity index (χ4v) is 6.27. The van der Waals surface area contributed by atoms with Crippen LogP contribution in [-0.2, 0) is 0 Å². The molecule has 0 spiro atoms. The Morgan fingerprint density at radius 1 is 1.13 bits per heavy atom. The number of aliphatic hydroxyl groups is 2. The standard InChI is InChI=1S/C20H35NO2/c1-13-4-5-16-18(23)17(7-10-19(13,16)2)20(3)9-6-15(22)12-14(20)8-11-21/h14-18,22-23H,1,4-12,21H2,2-3H3/t14-,15-,16?,17?,18+,19-,20-/m0/s1. The van der Waals surface area contributed by atoms with Gasteiger partial charge in [-0.25, -0.2) is 0 Å². The zero-order chi connectivity index (χ0) is 16.8. The monoisotopic (exact) mass is 321 g/mol. The number of hydrogen-bond acceptors (Lipinski definition) is 3. The minimum atomic E-state index is -0.228. The number of nitrogens with two attached hydrogens (primary N) is 1. The van der Waals surface area contributed by atoms with Crippen LogP contribution in [0.1, 0.15) is 65.2 Å². The van der Waals surface area contributed by atoms with Crippen LogP contribution in [0.15, 0.2) is 12.2 Å². The maximum Gasteiger partial charge on any atom is 0.0610 e. The van der Waals surface area contributed by atoms with E-state index in [9.17, 15) is 10.2 Å². The number of rotatable bonds is 3. The van der Waals surface area contributed by atoms with Gasteiger partial charge in [-0.2, -0.15) is 0 Å². The molecule has 4 N–H and O–H groups in total. The summed E-state index contributed by atoms with van der Waals surface area (Å²) in [6, 6.07) is 0. The molecule has 3 aliphatic rings. The highest BCUT2D eigenvalue weighted by atomic mass is 16.3. The summed E-state index contributed by atoms with van der Waals surface area (Å²) in [6.45, 7) is 9.64. The molecular formula is C20H35NO2. The molecule has 0 aromatic carbocycles. The van der Waals surface area contributed by atoms with E-state index in [-0.39, 0.29) is 23.0 Å². The van der Waals surface area contributed by atoms with Crippen molar-refractivity contribution in [3.8, 4) is 0 Å². The zero-order valence-corrected chi connectivity index (χ0v) is 14.9. The smallest absolute Gasteiger partial charge is 0.0610 e. The second-order valence-electron chi connectivity index (χ2n) is 9.01. The highest BCUT2D eigenvalue weighted by Gasteiger charge is 2.56. The van der Waals surface area contributed by atoms with E-state index in [1.54, 1.807) is 0 Å². The second-order valence-corrected chi connectivity index (χ2v) is 9.01. The van der Waals surface area contributed by atoms with Crippen LogP contribution in [-0.4, -0.2) is 29.0 Å². The van der Waals surface area contributed by atoms with Gasteiger partial charge in [0, 0.05) is 0 Å². The van der Waals surface area contributed by atoms with Crippen molar-refractivity contribution in [3.05, 3.63) is 12.2 Å². The average Bonchev–Trinajstić information content (AvgIpc) is 2.80. The van der Waals surface area contributed by atoms with Gasteiger partial charge in [-0.15, -0.1) is 0 Å². The summed E-state index contributed by atoms with van der Waals surface area (Å²) in [5.41, 5.74) is 7.47. The number of aliphatic hydroxyl groups excluding tert-OH is 2. The summed E-state index contributed by atoms with van der Waals surface area (Å²) in [7, 11) is 0. The lowest BCUT2D eigenvalue weighted by Crippen LogP contribution is -2.53. The number of fused-ring (bicyclic) bond motifs is 1. The molecule has 0 aromatic rings. The van der Waals surface area contributed by atoms with E-state index >= 15 is 0 Å². The summed E-state index contributed by atoms with van der Waals surface area (Å²) < 4.78 is 0. The molecule has 0 aromatic heterocycles. The third-order valence-corrected chi connectivity index (χ3v) is 8.05. The van der Waals surface area contributed by atoms with Crippen molar-refractivity contribution in [1.29, 1.82) is 0 Å². The molecule has 0 heterocycles. The first-order chi connectivity index (χ1) is 10.8. The van der Waals surface area contributed by atoms with Crippen LogP contribution in [0.4, 0.5) is 0 Å².